The zero-order valence-corrected chi connectivity index (χ0v) is 14.5. The molecule has 1 aliphatic rings. The molecule has 0 aliphatic heterocycles. The van der Waals surface area contributed by atoms with Crippen LogP contribution in [0.5, 0.6) is 5.75 Å². The Hall–Kier alpha value is -2.59. The van der Waals surface area contributed by atoms with Gasteiger partial charge in [-0.1, -0.05) is 29.8 Å². The van der Waals surface area contributed by atoms with Crippen molar-refractivity contribution >= 4 is 34.1 Å². The van der Waals surface area contributed by atoms with Crippen molar-refractivity contribution in [2.75, 3.05) is 12.4 Å². The van der Waals surface area contributed by atoms with Crippen molar-refractivity contribution in [2.45, 2.75) is 18.8 Å². The van der Waals surface area contributed by atoms with E-state index in [0.717, 1.165) is 29.4 Å². The summed E-state index contributed by atoms with van der Waals surface area (Å²) in [5, 5.41) is 4.23. The van der Waals surface area contributed by atoms with Crippen molar-refractivity contribution in [2.24, 2.45) is 0 Å². The Morgan fingerprint density at radius 2 is 2.00 bits per heavy atom. The van der Waals surface area contributed by atoms with E-state index in [1.54, 1.807) is 25.3 Å². The summed E-state index contributed by atoms with van der Waals surface area (Å²) in [4.78, 5) is 17.6. The summed E-state index contributed by atoms with van der Waals surface area (Å²) in [5.74, 6) is 0.887. The first-order valence-corrected chi connectivity index (χ1v) is 8.58. The van der Waals surface area contributed by atoms with Gasteiger partial charge in [0.2, 0.25) is 0 Å². The van der Waals surface area contributed by atoms with E-state index in [1.165, 1.54) is 0 Å². The highest BCUT2D eigenvalue weighted by Crippen LogP contribution is 2.40. The lowest BCUT2D eigenvalue weighted by Crippen LogP contribution is -2.13. The molecular weight excluding hydrogens is 336 g/mol. The quantitative estimate of drug-likeness (QED) is 0.716. The number of halogens is 1. The van der Waals surface area contributed by atoms with Crippen molar-refractivity contribution < 1.29 is 9.53 Å². The van der Waals surface area contributed by atoms with E-state index in [-0.39, 0.29) is 5.91 Å². The first-order chi connectivity index (χ1) is 12.2. The summed E-state index contributed by atoms with van der Waals surface area (Å²) in [5.41, 5.74) is 3.12. The first-order valence-electron chi connectivity index (χ1n) is 8.20. The van der Waals surface area contributed by atoms with Crippen molar-refractivity contribution in [1.29, 1.82) is 0 Å². The number of benzene rings is 2. The van der Waals surface area contributed by atoms with Gasteiger partial charge in [0.25, 0.3) is 5.91 Å². The second-order valence-electron chi connectivity index (χ2n) is 6.19. The van der Waals surface area contributed by atoms with Crippen LogP contribution in [0.4, 0.5) is 5.69 Å². The molecule has 0 saturated heterocycles. The molecule has 0 bridgehead atoms. The number of amides is 1. The standard InChI is InChI=1S/C20H17ClN2O2/c1-25-19-9-8-13(10-16(19)21)22-20(24)15-11-18(12-6-7-12)23-17-5-3-2-4-14(15)17/h2-5,8-12H,6-7H2,1H3,(H,22,24). The van der Waals surface area contributed by atoms with E-state index in [2.05, 4.69) is 5.32 Å². The lowest BCUT2D eigenvalue weighted by atomic mass is 10.1. The number of para-hydroxylation sites is 1. The molecule has 1 heterocycles. The van der Waals surface area contributed by atoms with Gasteiger partial charge >= 0.3 is 0 Å². The van der Waals surface area contributed by atoms with Crippen LogP contribution in [0, 0.1) is 0 Å². The molecule has 0 spiro atoms. The first kappa shape index (κ1) is 15.9. The minimum absolute atomic E-state index is 0.165. The third-order valence-corrected chi connectivity index (χ3v) is 4.68. The van der Waals surface area contributed by atoms with Crippen LogP contribution in [0.2, 0.25) is 5.02 Å². The van der Waals surface area contributed by atoms with Crippen LogP contribution in [0.15, 0.2) is 48.5 Å². The Labute approximate surface area is 150 Å². The average molecular weight is 353 g/mol. The van der Waals surface area contributed by atoms with Crippen LogP contribution >= 0.6 is 11.6 Å². The molecule has 2 aromatic carbocycles. The van der Waals surface area contributed by atoms with Crippen LogP contribution in [0.1, 0.15) is 34.8 Å². The van der Waals surface area contributed by atoms with Gasteiger partial charge in [-0.15, -0.1) is 0 Å². The van der Waals surface area contributed by atoms with Crippen LogP contribution in [0.3, 0.4) is 0 Å². The van der Waals surface area contributed by atoms with Gasteiger partial charge in [-0.2, -0.15) is 0 Å². The Balaban J connectivity index is 1.70. The predicted molar refractivity (Wildman–Crippen MR) is 99.7 cm³/mol. The second-order valence-corrected chi connectivity index (χ2v) is 6.60. The molecule has 0 radical (unpaired) electrons. The van der Waals surface area contributed by atoms with Crippen molar-refractivity contribution in [3.8, 4) is 5.75 Å². The van der Waals surface area contributed by atoms with Gasteiger partial charge in [-0.05, 0) is 43.2 Å². The molecule has 126 valence electrons. The number of nitrogens with one attached hydrogen (secondary N) is 1. The number of rotatable bonds is 4. The van der Waals surface area contributed by atoms with Gasteiger partial charge in [0.05, 0.1) is 23.2 Å². The molecular formula is C20H17ClN2O2. The van der Waals surface area contributed by atoms with Gasteiger partial charge in [0.1, 0.15) is 5.75 Å². The number of aromatic nitrogens is 1. The number of methoxy groups -OCH3 is 1. The fourth-order valence-corrected chi connectivity index (χ4v) is 3.17. The predicted octanol–water partition coefficient (Wildman–Crippen LogP) is 5.03. The van der Waals surface area contributed by atoms with Crippen LogP contribution in [0.25, 0.3) is 10.9 Å². The van der Waals surface area contributed by atoms with Gasteiger partial charge in [-0.25, -0.2) is 0 Å². The smallest absolute Gasteiger partial charge is 0.256 e. The van der Waals surface area contributed by atoms with Gasteiger partial charge in [0, 0.05) is 22.7 Å². The lowest BCUT2D eigenvalue weighted by molar-refractivity contribution is 0.102. The second kappa shape index (κ2) is 6.37. The molecule has 3 aromatic rings. The average Bonchev–Trinajstić information content (AvgIpc) is 3.46. The minimum atomic E-state index is -0.165. The van der Waals surface area contributed by atoms with Crippen molar-refractivity contribution in [3.05, 3.63) is 64.8 Å². The molecule has 1 aromatic heterocycles. The Morgan fingerprint density at radius 3 is 2.72 bits per heavy atom. The number of nitrogens with zero attached hydrogens (tertiary/aromatic N) is 1. The fraction of sp³-hybridized carbons (Fsp3) is 0.200. The summed E-state index contributed by atoms with van der Waals surface area (Å²) in [6.07, 6.45) is 2.28. The molecule has 4 nitrogen and oxygen atoms in total. The zero-order valence-electron chi connectivity index (χ0n) is 13.8. The Kier molecular flexibility index (Phi) is 4.06. The van der Waals surface area contributed by atoms with E-state index in [4.69, 9.17) is 21.3 Å². The van der Waals surface area contributed by atoms with Crippen LogP contribution in [-0.2, 0) is 0 Å². The molecule has 25 heavy (non-hydrogen) atoms. The van der Waals surface area contributed by atoms with E-state index in [1.807, 2.05) is 30.3 Å². The molecule has 1 N–H and O–H groups in total. The maximum atomic E-state index is 12.9. The van der Waals surface area contributed by atoms with Gasteiger partial charge in [-0.3, -0.25) is 9.78 Å². The summed E-state index contributed by atoms with van der Waals surface area (Å²) in [7, 11) is 1.56. The number of carbonyl (C=O) groups is 1. The number of hydrogen-bond donors (Lipinski definition) is 1. The third kappa shape index (κ3) is 3.17. The molecule has 1 fully saturated rings. The number of anilines is 1. The van der Waals surface area contributed by atoms with Crippen molar-refractivity contribution in [1.82, 2.24) is 4.98 Å². The van der Waals surface area contributed by atoms with Crippen LogP contribution in [-0.4, -0.2) is 18.0 Å². The lowest BCUT2D eigenvalue weighted by Gasteiger charge is -2.11. The van der Waals surface area contributed by atoms with Crippen LogP contribution < -0.4 is 10.1 Å². The highest BCUT2D eigenvalue weighted by Gasteiger charge is 2.27. The van der Waals surface area contributed by atoms with Gasteiger partial charge < -0.3 is 10.1 Å². The summed E-state index contributed by atoms with van der Waals surface area (Å²) >= 11 is 6.14. The molecule has 0 unspecified atom stereocenters. The van der Waals surface area contributed by atoms with Crippen molar-refractivity contribution in [3.63, 3.8) is 0 Å². The molecule has 5 heteroatoms. The van der Waals surface area contributed by atoms with E-state index < -0.39 is 0 Å². The van der Waals surface area contributed by atoms with E-state index in [0.29, 0.717) is 27.9 Å². The topological polar surface area (TPSA) is 51.2 Å². The number of ether oxygens (including phenoxy) is 1. The fourth-order valence-electron chi connectivity index (χ4n) is 2.91. The summed E-state index contributed by atoms with van der Waals surface area (Å²) < 4.78 is 5.14. The number of pyridine rings is 1. The molecule has 4 rings (SSSR count). The van der Waals surface area contributed by atoms with E-state index in [9.17, 15) is 4.79 Å². The number of hydrogen-bond acceptors (Lipinski definition) is 3. The number of fused-ring (bicyclic) bond motifs is 1. The minimum Gasteiger partial charge on any atom is -0.495 e. The molecule has 1 saturated carbocycles. The molecule has 0 atom stereocenters. The summed E-state index contributed by atoms with van der Waals surface area (Å²) in [6, 6.07) is 14.8. The molecule has 1 aliphatic carbocycles. The maximum absolute atomic E-state index is 12.9. The van der Waals surface area contributed by atoms with Gasteiger partial charge in [0.15, 0.2) is 0 Å². The monoisotopic (exact) mass is 352 g/mol. The molecule has 1 amide bonds. The summed E-state index contributed by atoms with van der Waals surface area (Å²) in [6.45, 7) is 0. The Morgan fingerprint density at radius 1 is 1.20 bits per heavy atom. The largest absolute Gasteiger partial charge is 0.495 e. The zero-order chi connectivity index (χ0) is 17.4. The third-order valence-electron chi connectivity index (χ3n) is 4.39. The normalized spacial score (nSPS) is 13.7. The highest BCUT2D eigenvalue weighted by molar-refractivity contribution is 6.32. The maximum Gasteiger partial charge on any atom is 0.256 e. The highest BCUT2D eigenvalue weighted by atomic mass is 35.5. The van der Waals surface area contributed by atoms with E-state index >= 15 is 0 Å². The number of carbonyl (C=O) groups excluding carboxylic acids is 1. The Bertz CT molecular complexity index is 967. The SMILES string of the molecule is COc1ccc(NC(=O)c2cc(C3CC3)nc3ccccc23)cc1Cl.